The maximum Gasteiger partial charge on any atom is 0.256 e. The van der Waals surface area contributed by atoms with Gasteiger partial charge >= 0.3 is 0 Å². The highest BCUT2D eigenvalue weighted by Crippen LogP contribution is 2.25. The lowest BCUT2D eigenvalue weighted by Crippen LogP contribution is -2.35. The summed E-state index contributed by atoms with van der Waals surface area (Å²) in [6, 6.07) is 6.09. The van der Waals surface area contributed by atoms with Crippen molar-refractivity contribution in [2.75, 3.05) is 45.2 Å². The standard InChI is InChI=1S/C20H26FN5O/c1-25(2)13-10-22-20(27)17-14-23-18(15-6-8-16(21)9-7-15)24-19(17)26-11-4-3-5-12-26/h6-9,14H,3-5,10-13H2,1-2H3,(H,22,27). The number of hydrogen-bond donors (Lipinski definition) is 1. The highest BCUT2D eigenvalue weighted by Gasteiger charge is 2.21. The fourth-order valence-electron chi connectivity index (χ4n) is 3.11. The minimum Gasteiger partial charge on any atom is -0.356 e. The fourth-order valence-corrected chi connectivity index (χ4v) is 3.11. The molecule has 27 heavy (non-hydrogen) atoms. The molecule has 0 spiro atoms. The lowest BCUT2D eigenvalue weighted by atomic mass is 10.1. The predicted octanol–water partition coefficient (Wildman–Crippen LogP) is 2.56. The Hall–Kier alpha value is -2.54. The minimum absolute atomic E-state index is 0.164. The van der Waals surface area contributed by atoms with Gasteiger partial charge in [-0.2, -0.15) is 0 Å². The molecule has 1 N–H and O–H groups in total. The zero-order chi connectivity index (χ0) is 19.2. The van der Waals surface area contributed by atoms with Gasteiger partial charge in [0.05, 0.1) is 0 Å². The van der Waals surface area contributed by atoms with E-state index in [4.69, 9.17) is 0 Å². The Morgan fingerprint density at radius 1 is 1.19 bits per heavy atom. The SMILES string of the molecule is CN(C)CCNC(=O)c1cnc(-c2ccc(F)cc2)nc1N1CCCCC1. The Labute approximate surface area is 159 Å². The average molecular weight is 371 g/mol. The molecule has 0 saturated carbocycles. The van der Waals surface area contributed by atoms with E-state index in [1.54, 1.807) is 18.3 Å². The summed E-state index contributed by atoms with van der Waals surface area (Å²) in [6.07, 6.45) is 4.94. The molecule has 6 nitrogen and oxygen atoms in total. The molecule has 144 valence electrons. The molecule has 1 amide bonds. The number of carbonyl (C=O) groups excluding carboxylic acids is 1. The summed E-state index contributed by atoms with van der Waals surface area (Å²) < 4.78 is 13.2. The molecule has 0 unspecified atom stereocenters. The van der Waals surface area contributed by atoms with Crippen molar-refractivity contribution in [3.63, 3.8) is 0 Å². The van der Waals surface area contributed by atoms with Gasteiger partial charge in [0.2, 0.25) is 0 Å². The molecule has 0 aliphatic carbocycles. The van der Waals surface area contributed by atoms with Crippen LogP contribution in [0.4, 0.5) is 10.2 Å². The van der Waals surface area contributed by atoms with Gasteiger partial charge in [0.15, 0.2) is 5.82 Å². The molecule has 1 aromatic carbocycles. The smallest absolute Gasteiger partial charge is 0.256 e. The van der Waals surface area contributed by atoms with E-state index in [1.165, 1.54) is 18.6 Å². The molecule has 1 aromatic heterocycles. The van der Waals surface area contributed by atoms with E-state index in [-0.39, 0.29) is 11.7 Å². The average Bonchev–Trinajstić information content (AvgIpc) is 2.68. The summed E-state index contributed by atoms with van der Waals surface area (Å²) in [5, 5.41) is 2.94. The summed E-state index contributed by atoms with van der Waals surface area (Å²) >= 11 is 0. The van der Waals surface area contributed by atoms with Gasteiger partial charge in [-0.25, -0.2) is 14.4 Å². The Morgan fingerprint density at radius 3 is 2.56 bits per heavy atom. The fraction of sp³-hybridized carbons (Fsp3) is 0.450. The van der Waals surface area contributed by atoms with Crippen LogP contribution in [0.1, 0.15) is 29.6 Å². The molecule has 1 saturated heterocycles. The van der Waals surface area contributed by atoms with Crippen LogP contribution >= 0.6 is 0 Å². The van der Waals surface area contributed by atoms with Crippen LogP contribution in [0.15, 0.2) is 30.5 Å². The number of piperidine rings is 1. The summed E-state index contributed by atoms with van der Waals surface area (Å²) in [5.41, 5.74) is 1.22. The van der Waals surface area contributed by atoms with Crippen LogP contribution in [-0.2, 0) is 0 Å². The molecule has 7 heteroatoms. The first kappa shape index (κ1) is 19.2. The minimum atomic E-state index is -0.299. The molecule has 2 aromatic rings. The van der Waals surface area contributed by atoms with E-state index in [1.807, 2.05) is 19.0 Å². The molecular weight excluding hydrogens is 345 g/mol. The van der Waals surface area contributed by atoms with Gasteiger partial charge in [-0.05, 0) is 57.6 Å². The third kappa shape index (κ3) is 5.01. The monoisotopic (exact) mass is 371 g/mol. The molecule has 1 aliphatic heterocycles. The first-order valence-corrected chi connectivity index (χ1v) is 9.35. The van der Waals surface area contributed by atoms with Crippen molar-refractivity contribution in [1.82, 2.24) is 20.2 Å². The third-order valence-electron chi connectivity index (χ3n) is 4.62. The number of amides is 1. The number of benzene rings is 1. The van der Waals surface area contributed by atoms with Crippen LogP contribution in [0.5, 0.6) is 0 Å². The van der Waals surface area contributed by atoms with Gasteiger partial charge in [-0.3, -0.25) is 4.79 Å². The number of carbonyl (C=O) groups is 1. The van der Waals surface area contributed by atoms with Crippen LogP contribution in [0.3, 0.4) is 0 Å². The van der Waals surface area contributed by atoms with Crippen molar-refractivity contribution in [2.24, 2.45) is 0 Å². The van der Waals surface area contributed by atoms with Crippen LogP contribution in [0.2, 0.25) is 0 Å². The summed E-state index contributed by atoms with van der Waals surface area (Å²) in [5.74, 6) is 0.696. The Kier molecular flexibility index (Phi) is 6.34. The van der Waals surface area contributed by atoms with E-state index < -0.39 is 0 Å². The van der Waals surface area contributed by atoms with Crippen LogP contribution in [0.25, 0.3) is 11.4 Å². The Morgan fingerprint density at radius 2 is 1.89 bits per heavy atom. The number of anilines is 1. The van der Waals surface area contributed by atoms with Gasteiger partial charge < -0.3 is 15.1 Å². The second-order valence-electron chi connectivity index (χ2n) is 7.04. The zero-order valence-corrected chi connectivity index (χ0v) is 15.9. The van der Waals surface area contributed by atoms with Crippen molar-refractivity contribution in [2.45, 2.75) is 19.3 Å². The molecule has 3 rings (SSSR count). The second kappa shape index (κ2) is 8.90. The first-order valence-electron chi connectivity index (χ1n) is 9.35. The number of likely N-dealkylation sites (N-methyl/N-ethyl adjacent to an activating group) is 1. The lowest BCUT2D eigenvalue weighted by Gasteiger charge is -2.29. The molecule has 0 bridgehead atoms. The Balaban J connectivity index is 1.89. The third-order valence-corrected chi connectivity index (χ3v) is 4.62. The first-order chi connectivity index (χ1) is 13.0. The van der Waals surface area contributed by atoms with Crippen molar-refractivity contribution in [3.8, 4) is 11.4 Å². The van der Waals surface area contributed by atoms with Gasteiger partial charge in [0.25, 0.3) is 5.91 Å². The van der Waals surface area contributed by atoms with Gasteiger partial charge in [-0.1, -0.05) is 0 Å². The maximum absolute atomic E-state index is 13.2. The lowest BCUT2D eigenvalue weighted by molar-refractivity contribution is 0.0951. The Bertz CT molecular complexity index is 772. The second-order valence-corrected chi connectivity index (χ2v) is 7.04. The number of rotatable bonds is 6. The van der Waals surface area contributed by atoms with Crippen LogP contribution in [-0.4, -0.2) is 61.0 Å². The van der Waals surface area contributed by atoms with Crippen molar-refractivity contribution in [3.05, 3.63) is 41.8 Å². The highest BCUT2D eigenvalue weighted by atomic mass is 19.1. The predicted molar refractivity (Wildman–Crippen MR) is 104 cm³/mol. The van der Waals surface area contributed by atoms with E-state index in [9.17, 15) is 9.18 Å². The van der Waals surface area contributed by atoms with Crippen LogP contribution in [0, 0.1) is 5.82 Å². The van der Waals surface area contributed by atoms with E-state index in [2.05, 4.69) is 20.2 Å². The molecule has 0 radical (unpaired) electrons. The van der Waals surface area contributed by atoms with E-state index in [0.29, 0.717) is 23.8 Å². The number of hydrogen-bond acceptors (Lipinski definition) is 5. The number of nitrogens with zero attached hydrogens (tertiary/aromatic N) is 4. The number of nitrogens with one attached hydrogen (secondary N) is 1. The molecule has 1 aliphatic rings. The zero-order valence-electron chi connectivity index (χ0n) is 15.9. The summed E-state index contributed by atoms with van der Waals surface area (Å²) in [4.78, 5) is 25.9. The van der Waals surface area contributed by atoms with E-state index in [0.717, 1.165) is 38.0 Å². The van der Waals surface area contributed by atoms with Crippen molar-refractivity contribution in [1.29, 1.82) is 0 Å². The maximum atomic E-state index is 13.2. The quantitative estimate of drug-likeness (QED) is 0.846. The molecular formula is C20H26FN5O. The molecule has 1 fully saturated rings. The molecule has 0 atom stereocenters. The summed E-state index contributed by atoms with van der Waals surface area (Å²) in [6.45, 7) is 3.07. The number of halogens is 1. The normalized spacial score (nSPS) is 14.4. The van der Waals surface area contributed by atoms with Crippen molar-refractivity contribution < 1.29 is 9.18 Å². The van der Waals surface area contributed by atoms with Gasteiger partial charge in [-0.15, -0.1) is 0 Å². The van der Waals surface area contributed by atoms with Crippen molar-refractivity contribution >= 4 is 11.7 Å². The van der Waals surface area contributed by atoms with Gasteiger partial charge in [0, 0.05) is 37.9 Å². The highest BCUT2D eigenvalue weighted by molar-refractivity contribution is 5.98. The topological polar surface area (TPSA) is 61.4 Å². The summed E-state index contributed by atoms with van der Waals surface area (Å²) in [7, 11) is 3.93. The largest absolute Gasteiger partial charge is 0.356 e. The number of aromatic nitrogens is 2. The van der Waals surface area contributed by atoms with Crippen LogP contribution < -0.4 is 10.2 Å². The van der Waals surface area contributed by atoms with Gasteiger partial charge in [0.1, 0.15) is 17.2 Å². The molecule has 2 heterocycles. The van der Waals surface area contributed by atoms with E-state index >= 15 is 0 Å².